The van der Waals surface area contributed by atoms with Crippen molar-refractivity contribution < 1.29 is 8.87 Å². The summed E-state index contributed by atoms with van der Waals surface area (Å²) in [6.45, 7) is 1.46. The molecule has 3 rings (SSSR count). The number of hydrogen-bond acceptors (Lipinski definition) is 2. The third-order valence-corrected chi connectivity index (χ3v) is 4.28. The molecule has 0 saturated heterocycles. The Balaban J connectivity index is 1.90. The lowest BCUT2D eigenvalue weighted by molar-refractivity contribution is -0.746. The van der Waals surface area contributed by atoms with Gasteiger partial charge < -0.3 is 0 Å². The highest BCUT2D eigenvalue weighted by Crippen LogP contribution is 2.31. The van der Waals surface area contributed by atoms with Gasteiger partial charge in [-0.1, -0.05) is 6.07 Å². The molecule has 2 atom stereocenters. The fraction of sp³-hybridized carbons (Fsp3) is 0.176. The van der Waals surface area contributed by atoms with Crippen LogP contribution < -0.4 is 0 Å². The molecule has 0 spiro atoms. The Bertz CT molecular complexity index is 783. The van der Waals surface area contributed by atoms with Crippen LogP contribution in [-0.2, 0) is 6.67 Å². The van der Waals surface area contributed by atoms with Crippen molar-refractivity contribution in [1.29, 1.82) is 0 Å². The second kappa shape index (κ2) is 5.99. The minimum atomic E-state index is -0.578. The van der Waals surface area contributed by atoms with E-state index in [9.17, 15) is 4.39 Å². The molecule has 5 heteroatoms. The number of hydrogen-bond donors (Lipinski definition) is 0. The predicted molar refractivity (Wildman–Crippen MR) is 88.4 cm³/mol. The van der Waals surface area contributed by atoms with Crippen LogP contribution in [0.2, 0.25) is 0 Å². The zero-order valence-corrected chi connectivity index (χ0v) is 13.6. The van der Waals surface area contributed by atoms with Crippen LogP contribution in [0.4, 0.5) is 4.39 Å². The second-order valence-corrected chi connectivity index (χ2v) is 5.89. The highest BCUT2D eigenvalue weighted by molar-refractivity contribution is 9.12. The average Bonchev–Trinajstić information content (AvgIpc) is 2.99. The van der Waals surface area contributed by atoms with Crippen LogP contribution in [0.15, 0.2) is 58.4 Å². The van der Waals surface area contributed by atoms with Crippen molar-refractivity contribution in [1.82, 2.24) is 4.98 Å². The Morgan fingerprint density at radius 1 is 1.36 bits per heavy atom. The zero-order chi connectivity index (χ0) is 15.6. The van der Waals surface area contributed by atoms with Crippen LogP contribution in [0, 0.1) is 11.8 Å². The number of aromatic nitrogens is 1. The number of nitrogens with zero attached hydrogens (tertiary/aromatic N) is 3. The molecule has 3 nitrogen and oxygen atoms in total. The lowest BCUT2D eigenvalue weighted by Gasteiger charge is -2.32. The SMILES string of the molecule is CC(C#Cc1cccc(CF)n1)[N+]12C=CC=C(Br)C1=NC=C2. The molecule has 2 aliphatic heterocycles. The Kier molecular flexibility index (Phi) is 4.06. The third kappa shape index (κ3) is 2.56. The summed E-state index contributed by atoms with van der Waals surface area (Å²) in [5.41, 5.74) is 0.982. The fourth-order valence-corrected chi connectivity index (χ4v) is 3.01. The molecule has 3 heterocycles. The van der Waals surface area contributed by atoms with E-state index in [1.54, 1.807) is 24.4 Å². The molecular weight excluding hydrogens is 345 g/mol. The van der Waals surface area contributed by atoms with Crippen molar-refractivity contribution in [2.24, 2.45) is 4.99 Å². The molecule has 2 aliphatic rings. The Hall–Kier alpha value is -2.03. The van der Waals surface area contributed by atoms with E-state index in [1.807, 2.05) is 25.3 Å². The first-order chi connectivity index (χ1) is 10.7. The summed E-state index contributed by atoms with van der Waals surface area (Å²) in [5, 5.41) is 0. The van der Waals surface area contributed by atoms with Crippen molar-refractivity contribution in [3.63, 3.8) is 0 Å². The smallest absolute Gasteiger partial charge is 0.244 e. The van der Waals surface area contributed by atoms with Crippen LogP contribution >= 0.6 is 15.9 Å². The molecule has 1 aromatic rings. The number of rotatable bonds is 2. The summed E-state index contributed by atoms with van der Waals surface area (Å²) in [6, 6.07) is 5.17. The second-order valence-electron chi connectivity index (χ2n) is 5.03. The summed E-state index contributed by atoms with van der Waals surface area (Å²) < 4.78 is 14.1. The number of amidine groups is 1. The fourth-order valence-electron chi connectivity index (χ4n) is 2.45. The molecule has 0 N–H and O–H groups in total. The minimum absolute atomic E-state index is 0.0363. The number of alkyl halides is 1. The van der Waals surface area contributed by atoms with Crippen molar-refractivity contribution in [3.8, 4) is 11.8 Å². The molecule has 2 unspecified atom stereocenters. The summed E-state index contributed by atoms with van der Waals surface area (Å²) >= 11 is 3.53. The first-order valence-electron chi connectivity index (χ1n) is 6.89. The first-order valence-corrected chi connectivity index (χ1v) is 7.68. The van der Waals surface area contributed by atoms with Crippen molar-refractivity contribution in [2.75, 3.05) is 0 Å². The van der Waals surface area contributed by atoms with Gasteiger partial charge in [0.2, 0.25) is 0 Å². The van der Waals surface area contributed by atoms with E-state index in [4.69, 9.17) is 0 Å². The standard InChI is InChI=1S/C17H14BrFN3/c1-13(7-8-14-4-2-5-15(12-19)21-14)22-10-3-6-16(18)17(22)20-9-11-22/h2-6,9-11,13H,12H2,1H3/q+1. The van der Waals surface area contributed by atoms with Crippen molar-refractivity contribution >= 4 is 21.8 Å². The van der Waals surface area contributed by atoms with Gasteiger partial charge in [-0.15, -0.1) is 0 Å². The van der Waals surface area contributed by atoms with Crippen LogP contribution in [0.3, 0.4) is 0 Å². The highest BCUT2D eigenvalue weighted by atomic mass is 79.9. The monoisotopic (exact) mass is 358 g/mol. The summed E-state index contributed by atoms with van der Waals surface area (Å²) in [4.78, 5) is 8.59. The lowest BCUT2D eigenvalue weighted by Crippen LogP contribution is -2.48. The summed E-state index contributed by atoms with van der Waals surface area (Å²) in [6.07, 6.45) is 9.80. The van der Waals surface area contributed by atoms with Gasteiger partial charge in [-0.3, -0.25) is 0 Å². The van der Waals surface area contributed by atoms with E-state index in [1.165, 1.54) is 0 Å². The van der Waals surface area contributed by atoms with E-state index in [-0.39, 0.29) is 6.04 Å². The van der Waals surface area contributed by atoms with Gasteiger partial charge in [0, 0.05) is 6.92 Å². The maximum absolute atomic E-state index is 12.7. The highest BCUT2D eigenvalue weighted by Gasteiger charge is 2.41. The van der Waals surface area contributed by atoms with Crippen LogP contribution in [-0.4, -0.2) is 21.3 Å². The summed E-state index contributed by atoms with van der Waals surface area (Å²) in [5.74, 6) is 7.16. The van der Waals surface area contributed by atoms with Crippen LogP contribution in [0.5, 0.6) is 0 Å². The van der Waals surface area contributed by atoms with Gasteiger partial charge in [0.05, 0.1) is 11.9 Å². The Labute approximate surface area is 137 Å². The van der Waals surface area contributed by atoms with Crippen LogP contribution in [0.25, 0.3) is 0 Å². The maximum atomic E-state index is 12.7. The maximum Gasteiger partial charge on any atom is 0.252 e. The minimum Gasteiger partial charge on any atom is -0.244 e. The topological polar surface area (TPSA) is 25.2 Å². The van der Waals surface area contributed by atoms with Gasteiger partial charge in [0.15, 0.2) is 6.04 Å². The van der Waals surface area contributed by atoms with E-state index < -0.39 is 6.67 Å². The number of fused-ring (bicyclic) bond motifs is 1. The molecule has 0 aromatic carbocycles. The van der Waals surface area contributed by atoms with Gasteiger partial charge in [0.1, 0.15) is 29.3 Å². The zero-order valence-electron chi connectivity index (χ0n) is 12.0. The number of halogens is 2. The van der Waals surface area contributed by atoms with Crippen molar-refractivity contribution in [3.05, 3.63) is 64.8 Å². The molecule has 0 saturated carbocycles. The lowest BCUT2D eigenvalue weighted by atomic mass is 10.1. The molecular formula is C17H14BrFN3+. The Morgan fingerprint density at radius 2 is 2.23 bits per heavy atom. The number of allylic oxidation sites excluding steroid dienone is 2. The largest absolute Gasteiger partial charge is 0.252 e. The molecule has 0 radical (unpaired) electrons. The van der Waals surface area contributed by atoms with E-state index in [0.717, 1.165) is 10.3 Å². The summed E-state index contributed by atoms with van der Waals surface area (Å²) in [7, 11) is 0. The normalized spacial score (nSPS) is 23.2. The molecule has 1 aromatic heterocycles. The van der Waals surface area contributed by atoms with Gasteiger partial charge in [-0.25, -0.2) is 13.9 Å². The number of aliphatic imine (C=N–C) groups is 1. The van der Waals surface area contributed by atoms with Gasteiger partial charge in [0.25, 0.3) is 5.84 Å². The van der Waals surface area contributed by atoms with E-state index in [2.05, 4.69) is 43.9 Å². The first kappa shape index (κ1) is 14.9. The Morgan fingerprint density at radius 3 is 3.05 bits per heavy atom. The van der Waals surface area contributed by atoms with E-state index in [0.29, 0.717) is 15.9 Å². The molecule has 0 amide bonds. The number of pyridine rings is 1. The number of quaternary nitrogens is 1. The van der Waals surface area contributed by atoms with Gasteiger partial charge in [-0.2, -0.15) is 4.99 Å². The van der Waals surface area contributed by atoms with E-state index >= 15 is 0 Å². The molecule has 110 valence electrons. The van der Waals surface area contributed by atoms with Gasteiger partial charge in [-0.05, 0) is 52.1 Å². The van der Waals surface area contributed by atoms with Crippen LogP contribution in [0.1, 0.15) is 18.3 Å². The van der Waals surface area contributed by atoms with Crippen molar-refractivity contribution in [2.45, 2.75) is 19.6 Å². The molecule has 22 heavy (non-hydrogen) atoms. The molecule has 0 bridgehead atoms. The quantitative estimate of drug-likeness (QED) is 0.583. The third-order valence-electron chi connectivity index (χ3n) is 3.66. The average molecular weight is 359 g/mol. The predicted octanol–water partition coefficient (Wildman–Crippen LogP) is 3.80. The molecule has 0 fully saturated rings. The molecule has 0 aliphatic carbocycles. The van der Waals surface area contributed by atoms with Gasteiger partial charge >= 0.3 is 0 Å².